The molecule has 192 valence electrons. The zero-order valence-corrected chi connectivity index (χ0v) is 22.0. The topological polar surface area (TPSA) is 82.2 Å². The first kappa shape index (κ1) is 27.1. The number of ether oxygens (including phenoxy) is 1. The summed E-state index contributed by atoms with van der Waals surface area (Å²) in [6.45, 7) is 14.9. The van der Waals surface area contributed by atoms with E-state index in [1.54, 1.807) is 12.1 Å². The quantitative estimate of drug-likeness (QED) is 0.536. The second kappa shape index (κ2) is 12.4. The molecule has 8 nitrogen and oxygen atoms in total. The van der Waals surface area contributed by atoms with Gasteiger partial charge in [0.2, 0.25) is 15.9 Å². The summed E-state index contributed by atoms with van der Waals surface area (Å²) in [7, 11) is -3.52. The maximum absolute atomic E-state index is 13.0. The number of benzene rings is 1. The average molecular weight is 495 g/mol. The Hall–Kier alpha value is -1.52. The SMILES string of the molecule is CC[C@H](C)c1ccc(S(=O)(=O)N2CCN(CC(=O)NC[C@H]3CN(CC(C)C)CCO3)CC2)cc1. The van der Waals surface area contributed by atoms with Crippen molar-refractivity contribution in [2.45, 2.75) is 51.0 Å². The van der Waals surface area contributed by atoms with E-state index in [1.807, 2.05) is 17.0 Å². The lowest BCUT2D eigenvalue weighted by molar-refractivity contribution is -0.123. The summed E-state index contributed by atoms with van der Waals surface area (Å²) < 4.78 is 33.4. The number of carbonyl (C=O) groups excluding carboxylic acids is 1. The highest BCUT2D eigenvalue weighted by atomic mass is 32.2. The number of hydrogen-bond donors (Lipinski definition) is 1. The molecular weight excluding hydrogens is 452 g/mol. The third kappa shape index (κ3) is 7.49. The molecule has 2 atom stereocenters. The molecule has 0 radical (unpaired) electrons. The third-order valence-electron chi connectivity index (χ3n) is 6.77. The van der Waals surface area contributed by atoms with Gasteiger partial charge in [-0.2, -0.15) is 4.31 Å². The lowest BCUT2D eigenvalue weighted by Gasteiger charge is -2.35. The van der Waals surface area contributed by atoms with Gasteiger partial charge in [0.05, 0.1) is 24.2 Å². The highest BCUT2D eigenvalue weighted by Crippen LogP contribution is 2.23. The van der Waals surface area contributed by atoms with Gasteiger partial charge >= 0.3 is 0 Å². The van der Waals surface area contributed by atoms with Crippen LogP contribution in [-0.2, 0) is 19.6 Å². The monoisotopic (exact) mass is 494 g/mol. The minimum atomic E-state index is -3.52. The van der Waals surface area contributed by atoms with Crippen molar-refractivity contribution >= 4 is 15.9 Å². The van der Waals surface area contributed by atoms with Crippen molar-refractivity contribution in [3.63, 3.8) is 0 Å². The Morgan fingerprint density at radius 2 is 1.74 bits per heavy atom. The normalized spacial score (nSPS) is 22.1. The fourth-order valence-corrected chi connectivity index (χ4v) is 5.98. The second-order valence-corrected chi connectivity index (χ2v) is 11.9. The summed E-state index contributed by atoms with van der Waals surface area (Å²) in [4.78, 5) is 17.2. The highest BCUT2D eigenvalue weighted by molar-refractivity contribution is 7.89. The summed E-state index contributed by atoms with van der Waals surface area (Å²) >= 11 is 0. The van der Waals surface area contributed by atoms with E-state index in [-0.39, 0.29) is 18.6 Å². The molecule has 34 heavy (non-hydrogen) atoms. The third-order valence-corrected chi connectivity index (χ3v) is 8.68. The van der Waals surface area contributed by atoms with Gasteiger partial charge in [-0.05, 0) is 36.0 Å². The molecule has 1 amide bonds. The summed E-state index contributed by atoms with van der Waals surface area (Å²) in [5.74, 6) is 0.983. The zero-order valence-electron chi connectivity index (χ0n) is 21.2. The number of rotatable bonds is 10. The molecule has 0 saturated carbocycles. The second-order valence-electron chi connectivity index (χ2n) is 10.0. The largest absolute Gasteiger partial charge is 0.374 e. The first-order valence-electron chi connectivity index (χ1n) is 12.6. The molecular formula is C25H42N4O4S. The van der Waals surface area contributed by atoms with Crippen molar-refractivity contribution in [1.82, 2.24) is 19.4 Å². The Kier molecular flexibility index (Phi) is 9.91. The number of nitrogens with one attached hydrogen (secondary N) is 1. The van der Waals surface area contributed by atoms with E-state index >= 15 is 0 Å². The molecule has 0 bridgehead atoms. The summed E-state index contributed by atoms with van der Waals surface area (Å²) in [5, 5.41) is 3.00. The van der Waals surface area contributed by atoms with Crippen molar-refractivity contribution in [2.24, 2.45) is 5.92 Å². The minimum absolute atomic E-state index is 0.0187. The van der Waals surface area contributed by atoms with Crippen LogP contribution in [0.15, 0.2) is 29.2 Å². The first-order chi connectivity index (χ1) is 16.2. The van der Waals surface area contributed by atoms with Gasteiger partial charge in [-0.1, -0.05) is 39.8 Å². The molecule has 2 heterocycles. The fraction of sp³-hybridized carbons (Fsp3) is 0.720. The van der Waals surface area contributed by atoms with Gasteiger partial charge in [-0.3, -0.25) is 14.6 Å². The smallest absolute Gasteiger partial charge is 0.243 e. The predicted octanol–water partition coefficient (Wildman–Crippen LogP) is 1.98. The number of carbonyl (C=O) groups is 1. The van der Waals surface area contributed by atoms with Gasteiger partial charge < -0.3 is 10.1 Å². The van der Waals surface area contributed by atoms with Gasteiger partial charge in [-0.25, -0.2) is 8.42 Å². The molecule has 1 aromatic carbocycles. The van der Waals surface area contributed by atoms with E-state index in [1.165, 1.54) is 4.31 Å². The van der Waals surface area contributed by atoms with Crippen LogP contribution in [-0.4, -0.2) is 100 Å². The molecule has 0 unspecified atom stereocenters. The Balaban J connectivity index is 1.42. The van der Waals surface area contributed by atoms with Gasteiger partial charge in [0.25, 0.3) is 0 Å². The number of amides is 1. The van der Waals surface area contributed by atoms with Crippen LogP contribution in [0.3, 0.4) is 0 Å². The summed E-state index contributed by atoms with van der Waals surface area (Å²) in [5.41, 5.74) is 1.16. The molecule has 2 saturated heterocycles. The van der Waals surface area contributed by atoms with Crippen molar-refractivity contribution in [3.05, 3.63) is 29.8 Å². The Morgan fingerprint density at radius 1 is 1.06 bits per heavy atom. The van der Waals surface area contributed by atoms with Crippen LogP contribution in [0.2, 0.25) is 0 Å². The number of piperazine rings is 1. The van der Waals surface area contributed by atoms with Crippen LogP contribution < -0.4 is 5.32 Å². The van der Waals surface area contributed by atoms with E-state index in [9.17, 15) is 13.2 Å². The van der Waals surface area contributed by atoms with Crippen molar-refractivity contribution < 1.29 is 17.9 Å². The molecule has 2 fully saturated rings. The van der Waals surface area contributed by atoms with Gasteiger partial charge in [-0.15, -0.1) is 0 Å². The van der Waals surface area contributed by atoms with Crippen molar-refractivity contribution in [3.8, 4) is 0 Å². The number of hydrogen-bond acceptors (Lipinski definition) is 6. The van der Waals surface area contributed by atoms with Crippen LogP contribution in [0.25, 0.3) is 0 Å². The Morgan fingerprint density at radius 3 is 2.35 bits per heavy atom. The summed E-state index contributed by atoms with van der Waals surface area (Å²) in [6.07, 6.45) is 1.04. The van der Waals surface area contributed by atoms with Crippen LogP contribution in [0, 0.1) is 5.92 Å². The maximum Gasteiger partial charge on any atom is 0.243 e. The molecule has 2 aliphatic rings. The molecule has 9 heteroatoms. The highest BCUT2D eigenvalue weighted by Gasteiger charge is 2.29. The lowest BCUT2D eigenvalue weighted by atomic mass is 9.99. The van der Waals surface area contributed by atoms with E-state index in [2.05, 4.69) is 37.9 Å². The average Bonchev–Trinajstić information content (AvgIpc) is 2.82. The zero-order chi connectivity index (χ0) is 24.7. The van der Waals surface area contributed by atoms with Crippen LogP contribution >= 0.6 is 0 Å². The van der Waals surface area contributed by atoms with E-state index in [0.717, 1.165) is 31.6 Å². The predicted molar refractivity (Wildman–Crippen MR) is 134 cm³/mol. The molecule has 1 N–H and O–H groups in total. The summed E-state index contributed by atoms with van der Waals surface area (Å²) in [6, 6.07) is 7.26. The lowest BCUT2D eigenvalue weighted by Crippen LogP contribution is -2.52. The Bertz CT molecular complexity index is 883. The fourth-order valence-electron chi connectivity index (χ4n) is 4.55. The maximum atomic E-state index is 13.0. The number of morpholine rings is 1. The van der Waals surface area contributed by atoms with Crippen molar-refractivity contribution in [2.75, 3.05) is 65.5 Å². The Labute approximate surface area is 205 Å². The minimum Gasteiger partial charge on any atom is -0.374 e. The molecule has 2 aliphatic heterocycles. The number of sulfonamides is 1. The van der Waals surface area contributed by atoms with Crippen LogP contribution in [0.5, 0.6) is 0 Å². The molecule has 0 aliphatic carbocycles. The number of nitrogens with zero attached hydrogens (tertiary/aromatic N) is 3. The van der Waals surface area contributed by atoms with Gasteiger partial charge in [0, 0.05) is 52.4 Å². The van der Waals surface area contributed by atoms with E-state index in [0.29, 0.717) is 56.1 Å². The standard InChI is InChI=1S/C25H42N4O4S/c1-5-21(4)22-6-8-24(9-7-22)34(31,32)29-12-10-27(11-13-29)19-25(30)26-16-23-18-28(14-15-33-23)17-20(2)3/h6-9,20-21,23H,5,10-19H2,1-4H3,(H,26,30)/t21-,23-/m0/s1. The van der Waals surface area contributed by atoms with Gasteiger partial charge in [0.15, 0.2) is 0 Å². The molecule has 3 rings (SSSR count). The first-order valence-corrected chi connectivity index (χ1v) is 14.1. The molecule has 1 aromatic rings. The van der Waals surface area contributed by atoms with Crippen molar-refractivity contribution in [1.29, 1.82) is 0 Å². The van der Waals surface area contributed by atoms with E-state index in [4.69, 9.17) is 4.74 Å². The van der Waals surface area contributed by atoms with Crippen LogP contribution in [0.1, 0.15) is 45.6 Å². The van der Waals surface area contributed by atoms with Crippen LogP contribution in [0.4, 0.5) is 0 Å². The van der Waals surface area contributed by atoms with E-state index < -0.39 is 10.0 Å². The molecule has 0 aromatic heterocycles. The molecule has 0 spiro atoms. The van der Waals surface area contributed by atoms with Gasteiger partial charge in [0.1, 0.15) is 0 Å².